The average molecular weight is 501 g/mol. The minimum absolute atomic E-state index is 0.158. The minimum atomic E-state index is -0.506. The summed E-state index contributed by atoms with van der Waals surface area (Å²) < 4.78 is 15.9. The first kappa shape index (κ1) is 23.3. The molecule has 9 nitrogen and oxygen atoms in total. The molecule has 0 aliphatic carbocycles. The fraction of sp³-hybridized carbons (Fsp3) is 0.130. The van der Waals surface area contributed by atoms with Gasteiger partial charge in [0.1, 0.15) is 17.2 Å². The van der Waals surface area contributed by atoms with Crippen LogP contribution in [0.2, 0.25) is 10.0 Å². The predicted octanol–water partition coefficient (Wildman–Crippen LogP) is 6.28. The summed E-state index contributed by atoms with van der Waals surface area (Å²) in [5, 5.41) is 15.7. The molecule has 4 aromatic rings. The standard InChI is InChI=1S/C23H18Cl2N4O5/c1-32-16-6-4-5-15(29(30)31)22(16)28-23-26-11-13-9-12(7-8-14(13)27-23)19-20(24)17(33-2)10-18(34-3)21(19)25/h4-11H,1-3H3,(H,26,27,28). The van der Waals surface area contributed by atoms with Gasteiger partial charge in [-0.1, -0.05) is 35.3 Å². The number of rotatable bonds is 7. The van der Waals surface area contributed by atoms with E-state index in [1.807, 2.05) is 6.07 Å². The van der Waals surface area contributed by atoms with Crippen LogP contribution in [0.4, 0.5) is 17.3 Å². The Hall–Kier alpha value is -3.82. The van der Waals surface area contributed by atoms with E-state index in [1.54, 1.807) is 30.5 Å². The zero-order chi connectivity index (χ0) is 24.4. The maximum absolute atomic E-state index is 11.4. The van der Waals surface area contributed by atoms with E-state index in [0.29, 0.717) is 49.3 Å². The number of benzene rings is 3. The highest BCUT2D eigenvalue weighted by atomic mass is 35.5. The average Bonchev–Trinajstić information content (AvgIpc) is 2.84. The molecule has 11 heteroatoms. The monoisotopic (exact) mass is 500 g/mol. The van der Waals surface area contributed by atoms with Gasteiger partial charge < -0.3 is 19.5 Å². The van der Waals surface area contributed by atoms with Crippen molar-refractivity contribution in [3.8, 4) is 28.4 Å². The van der Waals surface area contributed by atoms with Crippen LogP contribution in [0.1, 0.15) is 0 Å². The van der Waals surface area contributed by atoms with Crippen LogP contribution in [0.25, 0.3) is 22.0 Å². The summed E-state index contributed by atoms with van der Waals surface area (Å²) in [7, 11) is 4.44. The number of hydrogen-bond donors (Lipinski definition) is 1. The maximum Gasteiger partial charge on any atom is 0.296 e. The highest BCUT2D eigenvalue weighted by molar-refractivity contribution is 6.41. The summed E-state index contributed by atoms with van der Waals surface area (Å²) in [5.74, 6) is 1.32. The van der Waals surface area contributed by atoms with Crippen molar-refractivity contribution in [1.82, 2.24) is 9.97 Å². The molecule has 0 saturated carbocycles. The first-order chi connectivity index (χ1) is 16.4. The number of nitro groups is 1. The molecule has 0 amide bonds. The number of methoxy groups -OCH3 is 3. The minimum Gasteiger partial charge on any atom is -0.495 e. The number of nitrogens with zero attached hydrogens (tertiary/aromatic N) is 3. The molecule has 0 spiro atoms. The molecule has 34 heavy (non-hydrogen) atoms. The molecule has 174 valence electrons. The van der Waals surface area contributed by atoms with Crippen molar-refractivity contribution in [3.63, 3.8) is 0 Å². The fourth-order valence-corrected chi connectivity index (χ4v) is 4.19. The summed E-state index contributed by atoms with van der Waals surface area (Å²) in [6.07, 6.45) is 1.59. The third kappa shape index (κ3) is 4.23. The smallest absolute Gasteiger partial charge is 0.296 e. The SMILES string of the molecule is COc1cc(OC)c(Cl)c(-c2ccc3nc(Nc4c(OC)cccc4[N+](=O)[O-])ncc3c2)c1Cl. The van der Waals surface area contributed by atoms with Gasteiger partial charge in [-0.05, 0) is 23.8 Å². The van der Waals surface area contributed by atoms with E-state index in [-0.39, 0.29) is 17.3 Å². The number of halogens is 2. The summed E-state index contributed by atoms with van der Waals surface area (Å²) in [6, 6.07) is 11.5. The number of fused-ring (bicyclic) bond motifs is 1. The Morgan fingerprint density at radius 2 is 1.62 bits per heavy atom. The summed E-state index contributed by atoms with van der Waals surface area (Å²) in [6.45, 7) is 0. The highest BCUT2D eigenvalue weighted by Crippen LogP contribution is 2.46. The number of para-hydroxylation sites is 1. The van der Waals surface area contributed by atoms with Crippen molar-refractivity contribution in [1.29, 1.82) is 0 Å². The van der Waals surface area contributed by atoms with Crippen molar-refractivity contribution in [2.75, 3.05) is 26.6 Å². The number of nitrogens with one attached hydrogen (secondary N) is 1. The first-order valence-electron chi connectivity index (χ1n) is 9.83. The molecule has 0 radical (unpaired) electrons. The van der Waals surface area contributed by atoms with E-state index in [9.17, 15) is 10.1 Å². The Morgan fingerprint density at radius 1 is 0.941 bits per heavy atom. The van der Waals surface area contributed by atoms with E-state index in [4.69, 9.17) is 37.4 Å². The molecule has 0 fully saturated rings. The Labute approximate surface area is 204 Å². The van der Waals surface area contributed by atoms with Crippen LogP contribution in [0, 0.1) is 10.1 Å². The first-order valence-corrected chi connectivity index (χ1v) is 10.6. The molecular weight excluding hydrogens is 483 g/mol. The maximum atomic E-state index is 11.4. The molecule has 3 aromatic carbocycles. The van der Waals surface area contributed by atoms with E-state index in [2.05, 4.69) is 15.3 Å². The van der Waals surface area contributed by atoms with Crippen molar-refractivity contribution in [2.45, 2.75) is 0 Å². The molecule has 0 saturated heterocycles. The Balaban J connectivity index is 1.76. The van der Waals surface area contributed by atoms with Gasteiger partial charge in [0, 0.05) is 29.3 Å². The molecule has 0 aliphatic heterocycles. The molecule has 0 unspecified atom stereocenters. The van der Waals surface area contributed by atoms with E-state index < -0.39 is 4.92 Å². The quantitative estimate of drug-likeness (QED) is 0.233. The lowest BCUT2D eigenvalue weighted by atomic mass is 10.0. The van der Waals surface area contributed by atoms with Crippen molar-refractivity contribution in [3.05, 3.63) is 68.8 Å². The number of nitro benzene ring substituents is 1. The summed E-state index contributed by atoms with van der Waals surface area (Å²) >= 11 is 13.1. The van der Waals surface area contributed by atoms with Gasteiger partial charge in [0.2, 0.25) is 5.95 Å². The Kier molecular flexibility index (Phi) is 6.58. The lowest BCUT2D eigenvalue weighted by molar-refractivity contribution is -0.384. The summed E-state index contributed by atoms with van der Waals surface area (Å²) in [5.41, 5.74) is 1.86. The molecule has 4 rings (SSSR count). The van der Waals surface area contributed by atoms with E-state index >= 15 is 0 Å². The third-order valence-corrected chi connectivity index (χ3v) is 5.85. The van der Waals surface area contributed by atoms with Crippen LogP contribution in [0.3, 0.4) is 0 Å². The predicted molar refractivity (Wildman–Crippen MR) is 131 cm³/mol. The molecule has 0 bridgehead atoms. The second-order valence-electron chi connectivity index (χ2n) is 6.99. The third-order valence-electron chi connectivity index (χ3n) is 5.10. The Bertz CT molecular complexity index is 1390. The molecule has 1 heterocycles. The number of aromatic nitrogens is 2. The normalized spacial score (nSPS) is 10.7. The number of ether oxygens (including phenoxy) is 3. The van der Waals surface area contributed by atoms with Gasteiger partial charge in [-0.3, -0.25) is 10.1 Å². The lowest BCUT2D eigenvalue weighted by Gasteiger charge is -2.15. The summed E-state index contributed by atoms with van der Waals surface area (Å²) in [4.78, 5) is 19.7. The second-order valence-corrected chi connectivity index (χ2v) is 7.74. The van der Waals surface area contributed by atoms with Crippen molar-refractivity contribution < 1.29 is 19.1 Å². The van der Waals surface area contributed by atoms with Gasteiger partial charge in [-0.15, -0.1) is 0 Å². The van der Waals surface area contributed by atoms with Crippen LogP contribution in [-0.2, 0) is 0 Å². The highest BCUT2D eigenvalue weighted by Gasteiger charge is 2.21. The zero-order valence-electron chi connectivity index (χ0n) is 18.3. The molecule has 0 atom stereocenters. The molecule has 1 aromatic heterocycles. The van der Waals surface area contributed by atoms with E-state index in [0.717, 1.165) is 0 Å². The van der Waals surface area contributed by atoms with Crippen LogP contribution >= 0.6 is 23.2 Å². The van der Waals surface area contributed by atoms with Gasteiger partial charge in [-0.2, -0.15) is 0 Å². The van der Waals surface area contributed by atoms with Gasteiger partial charge in [0.25, 0.3) is 5.69 Å². The number of anilines is 2. The fourth-order valence-electron chi connectivity index (χ4n) is 3.47. The Morgan fingerprint density at radius 3 is 2.24 bits per heavy atom. The molecular formula is C23H18Cl2N4O5. The van der Waals surface area contributed by atoms with Crippen LogP contribution in [0.15, 0.2) is 48.7 Å². The second kappa shape index (κ2) is 9.58. The van der Waals surface area contributed by atoms with Gasteiger partial charge in [0.15, 0.2) is 5.69 Å². The van der Waals surface area contributed by atoms with Gasteiger partial charge in [0.05, 0.1) is 41.8 Å². The van der Waals surface area contributed by atoms with Crippen molar-refractivity contribution in [2.24, 2.45) is 0 Å². The van der Waals surface area contributed by atoms with Crippen LogP contribution < -0.4 is 19.5 Å². The largest absolute Gasteiger partial charge is 0.495 e. The van der Waals surface area contributed by atoms with Gasteiger partial charge >= 0.3 is 0 Å². The molecule has 1 N–H and O–H groups in total. The number of hydrogen-bond acceptors (Lipinski definition) is 8. The lowest BCUT2D eigenvalue weighted by Crippen LogP contribution is -2.03. The van der Waals surface area contributed by atoms with Crippen LogP contribution in [0.5, 0.6) is 17.2 Å². The topological polar surface area (TPSA) is 109 Å². The zero-order valence-corrected chi connectivity index (χ0v) is 19.8. The van der Waals surface area contributed by atoms with Gasteiger partial charge in [-0.25, -0.2) is 9.97 Å². The van der Waals surface area contributed by atoms with Crippen molar-refractivity contribution >= 4 is 51.4 Å². The van der Waals surface area contributed by atoms with E-state index in [1.165, 1.54) is 33.5 Å². The molecule has 0 aliphatic rings. The van der Waals surface area contributed by atoms with Crippen LogP contribution in [-0.4, -0.2) is 36.2 Å².